The van der Waals surface area contributed by atoms with Gasteiger partial charge in [-0.3, -0.25) is 14.4 Å². The molecule has 2 aliphatic rings. The van der Waals surface area contributed by atoms with Crippen molar-refractivity contribution in [2.75, 3.05) is 38.2 Å². The smallest absolute Gasteiger partial charge is 0.377 e. The third-order valence-corrected chi connectivity index (χ3v) is 8.21. The molecule has 226 valence electrons. The number of aromatic nitrogens is 4. The maximum Gasteiger partial charge on any atom is 0.446 e. The number of pyridine rings is 1. The lowest BCUT2D eigenvalue weighted by atomic mass is 9.92. The van der Waals surface area contributed by atoms with Crippen LogP contribution in [0.25, 0.3) is 5.52 Å². The van der Waals surface area contributed by atoms with Crippen LogP contribution in [0.5, 0.6) is 0 Å². The number of carbonyl (C=O) groups is 1. The van der Waals surface area contributed by atoms with Crippen molar-refractivity contribution in [3.8, 4) is 11.8 Å². The highest BCUT2D eigenvalue weighted by molar-refractivity contribution is 8.00. The summed E-state index contributed by atoms with van der Waals surface area (Å²) in [5.41, 5.74) is -4.60. The van der Waals surface area contributed by atoms with Crippen molar-refractivity contribution in [1.29, 1.82) is 0 Å². The first-order chi connectivity index (χ1) is 19.7. The summed E-state index contributed by atoms with van der Waals surface area (Å²) in [6.07, 6.45) is 2.38. The first kappa shape index (κ1) is 30.2. The highest BCUT2D eigenvalue weighted by Gasteiger charge is 2.43. The normalized spacial score (nSPS) is 21.0. The second-order valence-electron chi connectivity index (χ2n) is 11.8. The SMILES string of the molecule is CC1(N2CC[C@@H](Nc3cccc4c(SC(F)(F)F)c(C#CCNC(=O)c5cnn(C(C)(C)C)c5)nn34)[C@@H](F)C2)COC1. The molecule has 14 heteroatoms. The van der Waals surface area contributed by atoms with Crippen LogP contribution in [0.1, 0.15) is 50.2 Å². The highest BCUT2D eigenvalue weighted by Crippen LogP contribution is 2.41. The molecule has 0 saturated carbocycles. The molecule has 3 aromatic rings. The third-order valence-electron chi connectivity index (χ3n) is 7.37. The van der Waals surface area contributed by atoms with Gasteiger partial charge in [0.15, 0.2) is 0 Å². The molecule has 1 amide bonds. The lowest BCUT2D eigenvalue weighted by molar-refractivity contribution is -0.142. The predicted molar refractivity (Wildman–Crippen MR) is 151 cm³/mol. The van der Waals surface area contributed by atoms with Crippen LogP contribution in [0.2, 0.25) is 0 Å². The Hall–Kier alpha value is -3.28. The van der Waals surface area contributed by atoms with Crippen LogP contribution in [0.4, 0.5) is 23.4 Å². The molecule has 0 aromatic carbocycles. The molecular formula is C28H33F4N7O2S. The number of alkyl halides is 4. The van der Waals surface area contributed by atoms with Gasteiger partial charge in [0.05, 0.1) is 59.1 Å². The number of amides is 1. The minimum absolute atomic E-state index is 0.0918. The molecule has 5 rings (SSSR count). The van der Waals surface area contributed by atoms with Crippen molar-refractivity contribution in [3.63, 3.8) is 0 Å². The van der Waals surface area contributed by atoms with Crippen LogP contribution in [0, 0.1) is 11.8 Å². The molecule has 3 aromatic heterocycles. The van der Waals surface area contributed by atoms with Crippen molar-refractivity contribution < 1.29 is 27.1 Å². The molecule has 0 unspecified atom stereocenters. The number of thioether (sulfide) groups is 1. The topological polar surface area (TPSA) is 88.7 Å². The van der Waals surface area contributed by atoms with Gasteiger partial charge < -0.3 is 15.4 Å². The minimum Gasteiger partial charge on any atom is -0.377 e. The molecule has 42 heavy (non-hydrogen) atoms. The standard InChI is InChI=1S/C28H33F4N7O2S/c1-26(2,3)38-14-18(13-34-38)25(40)33-11-6-7-21-24(42-28(30,31)32)22-8-5-9-23(39(22)36-21)35-20-10-12-37(15-19(20)29)27(4)16-41-17-27/h5,8-9,13-14,19-20,35H,10-12,15-17H2,1-4H3,(H,33,40)/t19-,20+/m0/s1. The number of fused-ring (bicyclic) bond motifs is 1. The number of nitrogens with one attached hydrogen (secondary N) is 2. The molecule has 0 bridgehead atoms. The number of likely N-dealkylation sites (tertiary alicyclic amines) is 1. The van der Waals surface area contributed by atoms with Gasteiger partial charge in [0.1, 0.15) is 17.7 Å². The van der Waals surface area contributed by atoms with Crippen LogP contribution in [-0.2, 0) is 10.3 Å². The molecule has 0 spiro atoms. The number of hydrogen-bond donors (Lipinski definition) is 2. The van der Waals surface area contributed by atoms with Gasteiger partial charge in [-0.1, -0.05) is 12.0 Å². The van der Waals surface area contributed by atoms with E-state index < -0.39 is 23.6 Å². The number of hydrogen-bond acceptors (Lipinski definition) is 7. The fraction of sp³-hybridized carbons (Fsp3) is 0.536. The number of anilines is 1. The van der Waals surface area contributed by atoms with Gasteiger partial charge in [0.2, 0.25) is 0 Å². The monoisotopic (exact) mass is 607 g/mol. The third kappa shape index (κ3) is 6.53. The van der Waals surface area contributed by atoms with E-state index in [2.05, 4.69) is 44.5 Å². The first-order valence-corrected chi connectivity index (χ1v) is 14.4. The van der Waals surface area contributed by atoms with Crippen LogP contribution in [0.15, 0.2) is 35.5 Å². The van der Waals surface area contributed by atoms with Gasteiger partial charge in [-0.2, -0.15) is 23.4 Å². The summed E-state index contributed by atoms with van der Waals surface area (Å²) in [5, 5.41) is 14.3. The first-order valence-electron chi connectivity index (χ1n) is 13.6. The number of nitrogens with zero attached hydrogens (tertiary/aromatic N) is 5. The van der Waals surface area contributed by atoms with Gasteiger partial charge in [-0.05, 0) is 63.9 Å². The van der Waals surface area contributed by atoms with Crippen molar-refractivity contribution in [2.24, 2.45) is 0 Å². The number of piperidine rings is 1. The quantitative estimate of drug-likeness (QED) is 0.246. The maximum absolute atomic E-state index is 15.2. The van der Waals surface area contributed by atoms with Crippen LogP contribution < -0.4 is 10.6 Å². The summed E-state index contributed by atoms with van der Waals surface area (Å²) < 4.78 is 64.1. The fourth-order valence-corrected chi connectivity index (χ4v) is 5.62. The van der Waals surface area contributed by atoms with Gasteiger partial charge in [-0.15, -0.1) is 0 Å². The van der Waals surface area contributed by atoms with E-state index in [9.17, 15) is 18.0 Å². The predicted octanol–water partition coefficient (Wildman–Crippen LogP) is 4.29. The number of ether oxygens (including phenoxy) is 1. The number of carbonyl (C=O) groups excluding carboxylic acids is 1. The number of rotatable bonds is 6. The molecule has 2 saturated heterocycles. The van der Waals surface area contributed by atoms with E-state index in [4.69, 9.17) is 4.74 Å². The highest BCUT2D eigenvalue weighted by atomic mass is 32.2. The average Bonchev–Trinajstić information content (AvgIpc) is 3.52. The lowest BCUT2D eigenvalue weighted by Crippen LogP contribution is -2.64. The van der Waals surface area contributed by atoms with Crippen molar-refractivity contribution >= 4 is 29.0 Å². The van der Waals surface area contributed by atoms with Crippen molar-refractivity contribution in [2.45, 2.75) is 67.8 Å². The Balaban J connectivity index is 1.33. The molecule has 2 fully saturated rings. The molecular weight excluding hydrogens is 574 g/mol. The van der Waals surface area contributed by atoms with Crippen LogP contribution in [-0.4, -0.2) is 86.3 Å². The Morgan fingerprint density at radius 2 is 2.02 bits per heavy atom. The van der Waals surface area contributed by atoms with Crippen molar-refractivity contribution in [3.05, 3.63) is 41.9 Å². The molecule has 2 aliphatic heterocycles. The van der Waals surface area contributed by atoms with E-state index in [-0.39, 0.29) is 52.0 Å². The second kappa shape index (κ2) is 11.4. The summed E-state index contributed by atoms with van der Waals surface area (Å²) >= 11 is -0.308. The Morgan fingerprint density at radius 1 is 1.26 bits per heavy atom. The molecule has 9 nitrogen and oxygen atoms in total. The number of halogens is 4. The summed E-state index contributed by atoms with van der Waals surface area (Å²) in [5.74, 6) is 5.34. The van der Waals surface area contributed by atoms with Crippen LogP contribution >= 0.6 is 11.8 Å². The van der Waals surface area contributed by atoms with E-state index in [0.29, 0.717) is 37.6 Å². The zero-order chi connectivity index (χ0) is 30.3. The minimum atomic E-state index is -4.58. The summed E-state index contributed by atoms with van der Waals surface area (Å²) in [6, 6.07) is 4.23. The van der Waals surface area contributed by atoms with E-state index in [0.717, 1.165) is 0 Å². The molecule has 0 aliphatic carbocycles. The van der Waals surface area contributed by atoms with Gasteiger partial charge in [0.25, 0.3) is 5.91 Å². The molecule has 5 heterocycles. The molecule has 2 N–H and O–H groups in total. The molecule has 0 radical (unpaired) electrons. The van der Waals surface area contributed by atoms with E-state index in [1.165, 1.54) is 16.8 Å². The van der Waals surface area contributed by atoms with Gasteiger partial charge >= 0.3 is 5.51 Å². The lowest BCUT2D eigenvalue weighted by Gasteiger charge is -2.50. The van der Waals surface area contributed by atoms with E-state index >= 15 is 4.39 Å². The van der Waals surface area contributed by atoms with Crippen molar-refractivity contribution in [1.82, 2.24) is 29.6 Å². The fourth-order valence-electron chi connectivity index (χ4n) is 4.94. The Morgan fingerprint density at radius 3 is 2.64 bits per heavy atom. The second-order valence-corrected chi connectivity index (χ2v) is 12.8. The Labute approximate surface area is 245 Å². The summed E-state index contributed by atoms with van der Waals surface area (Å²) in [6.45, 7) is 9.83. The van der Waals surface area contributed by atoms with Crippen LogP contribution in [0.3, 0.4) is 0 Å². The summed E-state index contributed by atoms with van der Waals surface area (Å²) in [4.78, 5) is 14.4. The Kier molecular flexibility index (Phi) is 8.21. The Bertz CT molecular complexity index is 1510. The zero-order valence-corrected chi connectivity index (χ0v) is 24.6. The van der Waals surface area contributed by atoms with E-state index in [1.807, 2.05) is 20.8 Å². The van der Waals surface area contributed by atoms with Gasteiger partial charge in [0, 0.05) is 19.3 Å². The summed E-state index contributed by atoms with van der Waals surface area (Å²) in [7, 11) is 0. The molecule has 2 atom stereocenters. The van der Waals surface area contributed by atoms with E-state index in [1.54, 1.807) is 23.0 Å². The largest absolute Gasteiger partial charge is 0.446 e. The zero-order valence-electron chi connectivity index (χ0n) is 23.8. The average molecular weight is 608 g/mol. The maximum atomic E-state index is 15.2. The van der Waals surface area contributed by atoms with Gasteiger partial charge in [-0.25, -0.2) is 8.91 Å².